The van der Waals surface area contributed by atoms with Gasteiger partial charge >= 0.3 is 0 Å². The minimum Gasteiger partial charge on any atom is -0.468 e. The molecule has 3 nitrogen and oxygen atoms in total. The lowest BCUT2D eigenvalue weighted by molar-refractivity contribution is 0.0899. The summed E-state index contributed by atoms with van der Waals surface area (Å²) in [6.07, 6.45) is 1.01. The average molecular weight is 169 g/mol. The van der Waals surface area contributed by atoms with Crippen molar-refractivity contribution in [1.29, 1.82) is 0 Å². The minimum atomic E-state index is -0.545. The van der Waals surface area contributed by atoms with Gasteiger partial charge in [0, 0.05) is 0 Å². The molecule has 2 atom stereocenters. The van der Waals surface area contributed by atoms with Crippen molar-refractivity contribution in [2.45, 2.75) is 26.0 Å². The molecule has 0 unspecified atom stereocenters. The van der Waals surface area contributed by atoms with Gasteiger partial charge in [-0.2, -0.15) is 0 Å². The Morgan fingerprint density at radius 3 is 2.58 bits per heavy atom. The zero-order valence-corrected chi connectivity index (χ0v) is 7.40. The molecule has 1 heterocycles. The molecule has 12 heavy (non-hydrogen) atoms. The molecule has 3 heteroatoms. The smallest absolute Gasteiger partial charge is 0.123 e. The second kappa shape index (κ2) is 3.74. The molecule has 1 aromatic heterocycles. The van der Waals surface area contributed by atoms with Gasteiger partial charge in [0.25, 0.3) is 0 Å². The summed E-state index contributed by atoms with van der Waals surface area (Å²) in [6, 6.07) is 3.12. The van der Waals surface area contributed by atoms with E-state index in [4.69, 9.17) is 10.2 Å². The summed E-state index contributed by atoms with van der Waals surface area (Å²) in [5, 5.41) is 9.58. The van der Waals surface area contributed by atoms with Crippen molar-refractivity contribution in [3.05, 3.63) is 24.2 Å². The van der Waals surface area contributed by atoms with Crippen molar-refractivity contribution in [1.82, 2.24) is 0 Å². The van der Waals surface area contributed by atoms with Crippen LogP contribution in [-0.4, -0.2) is 11.2 Å². The molecule has 0 spiro atoms. The molecular formula is C9H15NO2. The zero-order chi connectivity index (χ0) is 9.14. The molecule has 0 aliphatic heterocycles. The Morgan fingerprint density at radius 1 is 1.50 bits per heavy atom. The van der Waals surface area contributed by atoms with Gasteiger partial charge in [0.15, 0.2) is 0 Å². The van der Waals surface area contributed by atoms with Crippen molar-refractivity contribution >= 4 is 0 Å². The van der Waals surface area contributed by atoms with Crippen molar-refractivity contribution < 1.29 is 9.52 Å². The van der Waals surface area contributed by atoms with Crippen LogP contribution in [0.3, 0.4) is 0 Å². The topological polar surface area (TPSA) is 59.4 Å². The van der Waals surface area contributed by atoms with Crippen LogP contribution in [0.15, 0.2) is 22.8 Å². The third kappa shape index (κ3) is 1.87. The van der Waals surface area contributed by atoms with Gasteiger partial charge in [-0.05, 0) is 18.1 Å². The first-order valence-corrected chi connectivity index (χ1v) is 4.10. The Morgan fingerprint density at radius 2 is 2.17 bits per heavy atom. The largest absolute Gasteiger partial charge is 0.468 e. The lowest BCUT2D eigenvalue weighted by Gasteiger charge is -2.19. The maximum absolute atomic E-state index is 9.58. The van der Waals surface area contributed by atoms with E-state index in [1.165, 1.54) is 0 Å². The van der Waals surface area contributed by atoms with Crippen molar-refractivity contribution in [2.75, 3.05) is 0 Å². The fourth-order valence-corrected chi connectivity index (χ4v) is 1.06. The molecule has 0 saturated carbocycles. The molecule has 0 aliphatic rings. The highest BCUT2D eigenvalue weighted by molar-refractivity contribution is 5.05. The SMILES string of the molecule is CC(C)[C@@H](O)[C@@H](N)c1ccco1. The third-order valence-electron chi connectivity index (χ3n) is 1.92. The van der Waals surface area contributed by atoms with Gasteiger partial charge < -0.3 is 15.3 Å². The quantitative estimate of drug-likeness (QED) is 0.717. The van der Waals surface area contributed by atoms with Gasteiger partial charge in [-0.3, -0.25) is 0 Å². The van der Waals surface area contributed by atoms with Crippen LogP contribution in [0.25, 0.3) is 0 Å². The first-order valence-electron chi connectivity index (χ1n) is 4.10. The number of nitrogens with two attached hydrogens (primary N) is 1. The van der Waals surface area contributed by atoms with E-state index in [1.807, 2.05) is 13.8 Å². The van der Waals surface area contributed by atoms with E-state index in [-0.39, 0.29) is 5.92 Å². The van der Waals surface area contributed by atoms with E-state index < -0.39 is 12.1 Å². The molecule has 0 aliphatic carbocycles. The summed E-state index contributed by atoms with van der Waals surface area (Å²) in [4.78, 5) is 0. The molecule has 0 bridgehead atoms. The first kappa shape index (κ1) is 9.29. The highest BCUT2D eigenvalue weighted by Crippen LogP contribution is 2.19. The van der Waals surface area contributed by atoms with Crippen LogP contribution < -0.4 is 5.73 Å². The maximum Gasteiger partial charge on any atom is 0.123 e. The summed E-state index contributed by atoms with van der Waals surface area (Å²) in [5.74, 6) is 0.779. The van der Waals surface area contributed by atoms with E-state index in [9.17, 15) is 5.11 Å². The molecule has 0 aromatic carbocycles. The van der Waals surface area contributed by atoms with Gasteiger partial charge in [-0.25, -0.2) is 0 Å². The summed E-state index contributed by atoms with van der Waals surface area (Å²) in [5.41, 5.74) is 5.74. The van der Waals surface area contributed by atoms with Crippen LogP contribution in [-0.2, 0) is 0 Å². The van der Waals surface area contributed by atoms with Gasteiger partial charge in [-0.1, -0.05) is 13.8 Å². The van der Waals surface area contributed by atoms with Crippen LogP contribution in [0.4, 0.5) is 0 Å². The predicted molar refractivity (Wildman–Crippen MR) is 46.5 cm³/mol. The average Bonchev–Trinajstić information content (AvgIpc) is 2.53. The number of hydrogen-bond donors (Lipinski definition) is 2. The van der Waals surface area contributed by atoms with Crippen molar-refractivity contribution in [2.24, 2.45) is 11.7 Å². The van der Waals surface area contributed by atoms with Crippen LogP contribution in [0.5, 0.6) is 0 Å². The van der Waals surface area contributed by atoms with E-state index >= 15 is 0 Å². The minimum absolute atomic E-state index is 0.144. The van der Waals surface area contributed by atoms with Crippen LogP contribution in [0.1, 0.15) is 25.6 Å². The standard InChI is InChI=1S/C9H15NO2/c1-6(2)9(11)8(10)7-4-3-5-12-7/h3-6,8-9,11H,10H2,1-2H3/t8-,9+/m0/s1. The highest BCUT2D eigenvalue weighted by atomic mass is 16.3. The maximum atomic E-state index is 9.58. The van der Waals surface area contributed by atoms with Crippen LogP contribution in [0.2, 0.25) is 0 Å². The van der Waals surface area contributed by atoms with Gasteiger partial charge in [0.05, 0.1) is 18.4 Å². The predicted octanol–water partition coefficient (Wildman–Crippen LogP) is 1.30. The second-order valence-electron chi connectivity index (χ2n) is 3.28. The normalized spacial score (nSPS) is 16.4. The van der Waals surface area contributed by atoms with E-state index in [1.54, 1.807) is 18.4 Å². The first-order chi connectivity index (χ1) is 5.63. The molecular weight excluding hydrogens is 154 g/mol. The number of aliphatic hydroxyl groups excluding tert-OH is 1. The van der Waals surface area contributed by atoms with Crippen LogP contribution in [0, 0.1) is 5.92 Å². The zero-order valence-electron chi connectivity index (χ0n) is 7.40. The molecule has 1 rings (SSSR count). The van der Waals surface area contributed by atoms with Gasteiger partial charge in [0.1, 0.15) is 5.76 Å². The van der Waals surface area contributed by atoms with E-state index in [2.05, 4.69) is 0 Å². The molecule has 1 aromatic rings. The van der Waals surface area contributed by atoms with Crippen molar-refractivity contribution in [3.8, 4) is 0 Å². The van der Waals surface area contributed by atoms with Crippen molar-refractivity contribution in [3.63, 3.8) is 0 Å². The van der Waals surface area contributed by atoms with Crippen LogP contribution >= 0.6 is 0 Å². The van der Waals surface area contributed by atoms with Gasteiger partial charge in [0.2, 0.25) is 0 Å². The summed E-state index contributed by atoms with van der Waals surface area (Å²) >= 11 is 0. The Hall–Kier alpha value is -0.800. The lowest BCUT2D eigenvalue weighted by atomic mass is 9.99. The molecule has 0 fully saturated rings. The molecule has 3 N–H and O–H groups in total. The third-order valence-corrected chi connectivity index (χ3v) is 1.92. The second-order valence-corrected chi connectivity index (χ2v) is 3.28. The summed E-state index contributed by atoms with van der Waals surface area (Å²) in [6.45, 7) is 3.85. The monoisotopic (exact) mass is 169 g/mol. The number of hydrogen-bond acceptors (Lipinski definition) is 3. The fraction of sp³-hybridized carbons (Fsp3) is 0.556. The Bertz CT molecular complexity index is 218. The molecule has 0 saturated heterocycles. The highest BCUT2D eigenvalue weighted by Gasteiger charge is 2.21. The fourth-order valence-electron chi connectivity index (χ4n) is 1.06. The van der Waals surface area contributed by atoms with Gasteiger partial charge in [-0.15, -0.1) is 0 Å². The molecule has 0 amide bonds. The summed E-state index contributed by atoms with van der Waals surface area (Å²) < 4.78 is 5.08. The lowest BCUT2D eigenvalue weighted by Crippen LogP contribution is -2.30. The Kier molecular flexibility index (Phi) is 2.89. The number of aliphatic hydroxyl groups is 1. The summed E-state index contributed by atoms with van der Waals surface area (Å²) in [7, 11) is 0. The van der Waals surface area contributed by atoms with E-state index in [0.717, 1.165) is 0 Å². The Labute approximate surface area is 72.2 Å². The number of rotatable bonds is 3. The molecule has 0 radical (unpaired) electrons. The number of furan rings is 1. The molecule has 68 valence electrons. The van der Waals surface area contributed by atoms with E-state index in [0.29, 0.717) is 5.76 Å². The Balaban J connectivity index is 2.65.